The van der Waals surface area contributed by atoms with Crippen molar-refractivity contribution < 1.29 is 9.84 Å². The summed E-state index contributed by atoms with van der Waals surface area (Å²) in [6.45, 7) is 10.6. The number of nitrogens with one attached hydrogen (secondary N) is 2. The van der Waals surface area contributed by atoms with E-state index < -0.39 is 0 Å². The van der Waals surface area contributed by atoms with Gasteiger partial charge >= 0.3 is 0 Å². The number of piperidine rings is 1. The highest BCUT2D eigenvalue weighted by atomic mass is 127. The van der Waals surface area contributed by atoms with Crippen LogP contribution in [0.2, 0.25) is 0 Å². The maximum atomic E-state index is 9.42. The van der Waals surface area contributed by atoms with Gasteiger partial charge in [0.15, 0.2) is 5.96 Å². The molecule has 0 saturated carbocycles. The molecule has 31 heavy (non-hydrogen) atoms. The van der Waals surface area contributed by atoms with Crippen molar-refractivity contribution in [1.29, 1.82) is 0 Å². The van der Waals surface area contributed by atoms with Crippen LogP contribution in [0.25, 0.3) is 0 Å². The number of guanidine groups is 1. The molecular weight excluding hydrogens is 503 g/mol. The number of aliphatic hydroxyl groups excluding tert-OH is 1. The topological polar surface area (TPSA) is 69.1 Å². The second-order valence-corrected chi connectivity index (χ2v) is 8.96. The van der Waals surface area contributed by atoms with E-state index in [2.05, 4.69) is 53.6 Å². The lowest BCUT2D eigenvalue weighted by Gasteiger charge is -2.33. The van der Waals surface area contributed by atoms with E-state index in [4.69, 9.17) is 9.73 Å². The molecule has 2 aliphatic rings. The second kappa shape index (κ2) is 13.6. The Morgan fingerprint density at radius 1 is 1.23 bits per heavy atom. The maximum Gasteiger partial charge on any atom is 0.191 e. The highest BCUT2D eigenvalue weighted by Gasteiger charge is 2.34. The number of nitrogens with zero attached hydrogens (tertiary/aromatic N) is 2. The lowest BCUT2D eigenvalue weighted by Crippen LogP contribution is -2.44. The lowest BCUT2D eigenvalue weighted by atomic mass is 9.84. The van der Waals surface area contributed by atoms with E-state index in [9.17, 15) is 5.11 Å². The molecule has 3 rings (SSSR count). The summed E-state index contributed by atoms with van der Waals surface area (Å²) < 4.78 is 5.59. The molecule has 0 radical (unpaired) electrons. The van der Waals surface area contributed by atoms with Crippen molar-refractivity contribution in [1.82, 2.24) is 15.5 Å². The van der Waals surface area contributed by atoms with Crippen molar-refractivity contribution in [2.75, 3.05) is 39.5 Å². The number of benzene rings is 1. The number of ether oxygens (including phenoxy) is 1. The van der Waals surface area contributed by atoms with E-state index >= 15 is 0 Å². The average Bonchev–Trinajstić information content (AvgIpc) is 3.22. The molecule has 1 aromatic carbocycles. The van der Waals surface area contributed by atoms with Gasteiger partial charge in [-0.15, -0.1) is 24.0 Å². The number of rotatable bonds is 9. The first kappa shape index (κ1) is 26.4. The standard InChI is InChI=1S/C24H40N4O2.HI/c1-3-25-23(27-18-24(11-14-29)12-15-30-19-24)26-16-21-7-9-22(10-8-21)17-28-13-5-4-6-20(28)2;/h7-10,20,29H,3-6,11-19H2,1-2H3,(H2,25,26,27);1H. The number of aliphatic imine (C=N–C) groups is 1. The Bertz CT molecular complexity index is 662. The van der Waals surface area contributed by atoms with Crippen LogP contribution in [0, 0.1) is 5.41 Å². The van der Waals surface area contributed by atoms with Gasteiger partial charge < -0.3 is 20.5 Å². The Morgan fingerprint density at radius 2 is 2.00 bits per heavy atom. The lowest BCUT2D eigenvalue weighted by molar-refractivity contribution is 0.127. The zero-order valence-electron chi connectivity index (χ0n) is 19.2. The van der Waals surface area contributed by atoms with Crippen LogP contribution >= 0.6 is 24.0 Å². The van der Waals surface area contributed by atoms with Gasteiger partial charge in [-0.2, -0.15) is 0 Å². The molecule has 0 bridgehead atoms. The summed E-state index contributed by atoms with van der Waals surface area (Å²) in [5.41, 5.74) is 2.61. The Kier molecular flexibility index (Phi) is 11.6. The minimum Gasteiger partial charge on any atom is -0.396 e. The van der Waals surface area contributed by atoms with Crippen LogP contribution in [-0.4, -0.2) is 61.5 Å². The molecule has 0 aliphatic carbocycles. The minimum absolute atomic E-state index is 0. The zero-order chi connectivity index (χ0) is 21.2. The fourth-order valence-corrected chi connectivity index (χ4v) is 4.47. The van der Waals surface area contributed by atoms with Crippen molar-refractivity contribution in [3.63, 3.8) is 0 Å². The molecule has 0 spiro atoms. The number of likely N-dealkylation sites (tertiary alicyclic amines) is 1. The first-order chi connectivity index (χ1) is 14.6. The van der Waals surface area contributed by atoms with Gasteiger partial charge in [-0.25, -0.2) is 4.99 Å². The van der Waals surface area contributed by atoms with Crippen molar-refractivity contribution in [3.8, 4) is 0 Å². The predicted molar refractivity (Wildman–Crippen MR) is 138 cm³/mol. The van der Waals surface area contributed by atoms with Gasteiger partial charge in [-0.3, -0.25) is 4.90 Å². The third-order valence-corrected chi connectivity index (χ3v) is 6.57. The molecule has 2 saturated heterocycles. The highest BCUT2D eigenvalue weighted by Crippen LogP contribution is 2.31. The van der Waals surface area contributed by atoms with Crippen LogP contribution in [-0.2, 0) is 17.8 Å². The van der Waals surface area contributed by atoms with Gasteiger partial charge in [0, 0.05) is 44.3 Å². The van der Waals surface area contributed by atoms with E-state index in [0.717, 1.165) is 45.0 Å². The maximum absolute atomic E-state index is 9.42. The highest BCUT2D eigenvalue weighted by molar-refractivity contribution is 14.0. The summed E-state index contributed by atoms with van der Waals surface area (Å²) in [4.78, 5) is 7.37. The molecule has 3 N–H and O–H groups in total. The summed E-state index contributed by atoms with van der Waals surface area (Å²) >= 11 is 0. The van der Waals surface area contributed by atoms with Crippen LogP contribution in [0.3, 0.4) is 0 Å². The van der Waals surface area contributed by atoms with Crippen LogP contribution in [0.4, 0.5) is 0 Å². The first-order valence-corrected chi connectivity index (χ1v) is 11.7. The van der Waals surface area contributed by atoms with E-state index in [0.29, 0.717) is 19.2 Å². The van der Waals surface area contributed by atoms with Crippen molar-refractivity contribution in [2.45, 2.75) is 65.1 Å². The van der Waals surface area contributed by atoms with Gasteiger partial charge in [0.1, 0.15) is 0 Å². The minimum atomic E-state index is 0. The largest absolute Gasteiger partial charge is 0.396 e. The predicted octanol–water partition coefficient (Wildman–Crippen LogP) is 3.52. The fraction of sp³-hybridized carbons (Fsp3) is 0.708. The summed E-state index contributed by atoms with van der Waals surface area (Å²) in [7, 11) is 0. The smallest absolute Gasteiger partial charge is 0.191 e. The van der Waals surface area contributed by atoms with Crippen molar-refractivity contribution in [2.24, 2.45) is 10.4 Å². The zero-order valence-corrected chi connectivity index (χ0v) is 21.6. The Morgan fingerprint density at radius 3 is 2.65 bits per heavy atom. The summed E-state index contributed by atoms with van der Waals surface area (Å²) in [5, 5.41) is 16.2. The molecular formula is C24H41IN4O2. The molecule has 0 aromatic heterocycles. The quantitative estimate of drug-likeness (QED) is 0.252. The molecule has 1 aromatic rings. The molecule has 2 heterocycles. The van der Waals surface area contributed by atoms with Crippen LogP contribution in [0.5, 0.6) is 0 Å². The third kappa shape index (κ3) is 8.18. The van der Waals surface area contributed by atoms with Crippen molar-refractivity contribution in [3.05, 3.63) is 35.4 Å². The van der Waals surface area contributed by atoms with Gasteiger partial charge in [-0.1, -0.05) is 30.7 Å². The van der Waals surface area contributed by atoms with Crippen LogP contribution in [0.1, 0.15) is 57.1 Å². The molecule has 2 atom stereocenters. The average molecular weight is 545 g/mol. The van der Waals surface area contributed by atoms with Gasteiger partial charge in [0.2, 0.25) is 0 Å². The molecule has 7 heteroatoms. The molecule has 2 fully saturated rings. The Balaban J connectivity index is 0.00000341. The third-order valence-electron chi connectivity index (χ3n) is 6.57. The normalized spacial score (nSPS) is 24.6. The summed E-state index contributed by atoms with van der Waals surface area (Å²) in [6.07, 6.45) is 5.75. The number of hydrogen-bond donors (Lipinski definition) is 3. The van der Waals surface area contributed by atoms with Crippen LogP contribution in [0.15, 0.2) is 29.3 Å². The summed E-state index contributed by atoms with van der Waals surface area (Å²) in [6, 6.07) is 9.60. The number of halogens is 1. The second-order valence-electron chi connectivity index (χ2n) is 8.96. The van der Waals surface area contributed by atoms with E-state index in [1.165, 1.54) is 36.9 Å². The van der Waals surface area contributed by atoms with Gasteiger partial charge in [0.05, 0.1) is 13.2 Å². The molecule has 2 aliphatic heterocycles. The number of hydrogen-bond acceptors (Lipinski definition) is 4. The monoisotopic (exact) mass is 544 g/mol. The SMILES string of the molecule is CCNC(=NCc1ccc(CN2CCCCC2C)cc1)NCC1(CCO)CCOC1.I. The molecule has 2 unspecified atom stereocenters. The molecule has 0 amide bonds. The first-order valence-electron chi connectivity index (χ1n) is 11.7. The van der Waals surface area contributed by atoms with Crippen LogP contribution < -0.4 is 10.6 Å². The number of aliphatic hydroxyl groups is 1. The fourth-order valence-electron chi connectivity index (χ4n) is 4.47. The Labute approximate surface area is 205 Å². The molecule has 176 valence electrons. The van der Waals surface area contributed by atoms with E-state index in [-0.39, 0.29) is 36.0 Å². The van der Waals surface area contributed by atoms with Gasteiger partial charge in [-0.05, 0) is 57.2 Å². The van der Waals surface area contributed by atoms with E-state index in [1.54, 1.807) is 0 Å². The molecule has 6 nitrogen and oxygen atoms in total. The summed E-state index contributed by atoms with van der Waals surface area (Å²) in [5.74, 6) is 0.827. The van der Waals surface area contributed by atoms with Crippen molar-refractivity contribution >= 4 is 29.9 Å². The van der Waals surface area contributed by atoms with Gasteiger partial charge in [0.25, 0.3) is 0 Å². The van der Waals surface area contributed by atoms with E-state index in [1.807, 2.05) is 0 Å². The Hall–Kier alpha value is -0.900.